The molecular weight excluding hydrogens is 234 g/mol. The van der Waals surface area contributed by atoms with Crippen molar-refractivity contribution >= 4 is 0 Å². The van der Waals surface area contributed by atoms with E-state index in [1.165, 1.54) is 16.7 Å². The first kappa shape index (κ1) is 16.0. The van der Waals surface area contributed by atoms with Crippen LogP contribution in [-0.2, 0) is 6.42 Å². The van der Waals surface area contributed by atoms with Gasteiger partial charge in [0.15, 0.2) is 0 Å². The number of rotatable bonds is 5. The summed E-state index contributed by atoms with van der Waals surface area (Å²) in [4.78, 5) is 0. The number of ether oxygens (including phenoxy) is 1. The van der Waals surface area contributed by atoms with Crippen LogP contribution >= 0.6 is 0 Å². The van der Waals surface area contributed by atoms with Gasteiger partial charge in [-0.25, -0.2) is 0 Å². The van der Waals surface area contributed by atoms with Gasteiger partial charge in [-0.05, 0) is 70.2 Å². The Balaban J connectivity index is 2.74. The highest BCUT2D eigenvalue weighted by Gasteiger charge is 2.14. The van der Waals surface area contributed by atoms with Crippen LogP contribution in [0.5, 0.6) is 5.75 Å². The van der Waals surface area contributed by atoms with Gasteiger partial charge < -0.3 is 10.1 Å². The molecule has 2 heteroatoms. The standard InChI is InChI=1S/C17H29NO/c1-12(11-18-17(4,5)6)10-15-9-8-13(2)14(3)16(15)19-7/h8-9,12,18H,10-11H2,1-7H3. The Hall–Kier alpha value is -1.02. The summed E-state index contributed by atoms with van der Waals surface area (Å²) in [5.74, 6) is 1.65. The van der Waals surface area contributed by atoms with Gasteiger partial charge in [-0.1, -0.05) is 19.1 Å². The van der Waals surface area contributed by atoms with Crippen molar-refractivity contribution in [2.45, 2.75) is 53.5 Å². The third-order valence-electron chi connectivity index (χ3n) is 3.51. The summed E-state index contributed by atoms with van der Waals surface area (Å²) >= 11 is 0. The Bertz CT molecular complexity index is 418. The lowest BCUT2D eigenvalue weighted by Gasteiger charge is -2.24. The number of benzene rings is 1. The molecule has 0 saturated carbocycles. The molecule has 0 aliphatic heterocycles. The van der Waals surface area contributed by atoms with Gasteiger partial charge in [-0.2, -0.15) is 0 Å². The van der Waals surface area contributed by atoms with Gasteiger partial charge in [0.2, 0.25) is 0 Å². The molecule has 0 aromatic heterocycles. The molecule has 2 nitrogen and oxygen atoms in total. The summed E-state index contributed by atoms with van der Waals surface area (Å²) in [6.45, 7) is 14.2. The van der Waals surface area contributed by atoms with Crippen molar-refractivity contribution < 1.29 is 4.74 Å². The van der Waals surface area contributed by atoms with Crippen molar-refractivity contribution in [3.05, 3.63) is 28.8 Å². The Kier molecular flexibility index (Phi) is 5.42. The SMILES string of the molecule is COc1c(CC(C)CNC(C)(C)C)ccc(C)c1C. The molecule has 0 saturated heterocycles. The van der Waals surface area contributed by atoms with Crippen molar-refractivity contribution in [1.29, 1.82) is 0 Å². The van der Waals surface area contributed by atoms with Gasteiger partial charge >= 0.3 is 0 Å². The molecule has 0 aliphatic carbocycles. The van der Waals surface area contributed by atoms with Crippen LogP contribution in [0.3, 0.4) is 0 Å². The molecule has 19 heavy (non-hydrogen) atoms. The average Bonchev–Trinajstić information content (AvgIpc) is 2.31. The zero-order valence-corrected chi connectivity index (χ0v) is 13.6. The molecule has 0 amide bonds. The van der Waals surface area contributed by atoms with Crippen molar-refractivity contribution in [3.8, 4) is 5.75 Å². The van der Waals surface area contributed by atoms with E-state index >= 15 is 0 Å². The smallest absolute Gasteiger partial charge is 0.125 e. The maximum Gasteiger partial charge on any atom is 0.125 e. The van der Waals surface area contributed by atoms with E-state index in [1.807, 2.05) is 0 Å². The van der Waals surface area contributed by atoms with Crippen molar-refractivity contribution in [1.82, 2.24) is 5.32 Å². The summed E-state index contributed by atoms with van der Waals surface area (Å²) in [5, 5.41) is 3.56. The molecule has 0 spiro atoms. The lowest BCUT2D eigenvalue weighted by atomic mass is 9.95. The Morgan fingerprint density at radius 3 is 2.37 bits per heavy atom. The summed E-state index contributed by atoms with van der Waals surface area (Å²) in [7, 11) is 1.77. The molecule has 0 radical (unpaired) electrons. The Morgan fingerprint density at radius 1 is 1.21 bits per heavy atom. The lowest BCUT2D eigenvalue weighted by molar-refractivity contribution is 0.373. The fraction of sp³-hybridized carbons (Fsp3) is 0.647. The van der Waals surface area contributed by atoms with Gasteiger partial charge in [0, 0.05) is 5.54 Å². The number of nitrogens with one attached hydrogen (secondary N) is 1. The number of hydrogen-bond acceptors (Lipinski definition) is 2. The van der Waals surface area contributed by atoms with Crippen LogP contribution in [0, 0.1) is 19.8 Å². The molecule has 0 heterocycles. The van der Waals surface area contributed by atoms with Gasteiger partial charge in [-0.3, -0.25) is 0 Å². The zero-order valence-electron chi connectivity index (χ0n) is 13.6. The van der Waals surface area contributed by atoms with Crippen LogP contribution in [0.25, 0.3) is 0 Å². The molecule has 0 aliphatic rings. The van der Waals surface area contributed by atoms with E-state index in [0.717, 1.165) is 18.7 Å². The van der Waals surface area contributed by atoms with Crippen LogP contribution in [0.1, 0.15) is 44.4 Å². The second-order valence-electron chi connectivity index (χ2n) is 6.64. The minimum Gasteiger partial charge on any atom is -0.496 e. The van der Waals surface area contributed by atoms with Crippen LogP contribution in [0.15, 0.2) is 12.1 Å². The minimum absolute atomic E-state index is 0.182. The third-order valence-corrected chi connectivity index (χ3v) is 3.51. The van der Waals surface area contributed by atoms with E-state index in [-0.39, 0.29) is 5.54 Å². The first-order chi connectivity index (χ1) is 8.74. The van der Waals surface area contributed by atoms with Crippen molar-refractivity contribution in [3.63, 3.8) is 0 Å². The monoisotopic (exact) mass is 263 g/mol. The zero-order chi connectivity index (χ0) is 14.6. The number of hydrogen-bond donors (Lipinski definition) is 1. The van der Waals surface area contributed by atoms with E-state index in [1.54, 1.807) is 7.11 Å². The Morgan fingerprint density at radius 2 is 1.84 bits per heavy atom. The molecule has 1 rings (SSSR count). The normalized spacial score (nSPS) is 13.4. The molecule has 1 N–H and O–H groups in total. The van der Waals surface area contributed by atoms with E-state index < -0.39 is 0 Å². The molecular formula is C17H29NO. The minimum atomic E-state index is 0.182. The maximum absolute atomic E-state index is 5.58. The largest absolute Gasteiger partial charge is 0.496 e. The number of methoxy groups -OCH3 is 1. The van der Waals surface area contributed by atoms with Crippen LogP contribution in [0.2, 0.25) is 0 Å². The fourth-order valence-electron chi connectivity index (χ4n) is 2.22. The molecule has 1 unspecified atom stereocenters. The maximum atomic E-state index is 5.58. The highest BCUT2D eigenvalue weighted by Crippen LogP contribution is 2.28. The third kappa shape index (κ3) is 4.87. The van der Waals surface area contributed by atoms with Crippen LogP contribution < -0.4 is 10.1 Å². The van der Waals surface area contributed by atoms with Gasteiger partial charge in [0.1, 0.15) is 5.75 Å². The quantitative estimate of drug-likeness (QED) is 0.870. The second-order valence-corrected chi connectivity index (χ2v) is 6.64. The summed E-state index contributed by atoms with van der Waals surface area (Å²) in [6, 6.07) is 4.39. The van der Waals surface area contributed by atoms with Gasteiger partial charge in [0.05, 0.1) is 7.11 Å². The van der Waals surface area contributed by atoms with E-state index in [4.69, 9.17) is 4.74 Å². The molecule has 1 aromatic carbocycles. The molecule has 0 bridgehead atoms. The van der Waals surface area contributed by atoms with E-state index in [9.17, 15) is 0 Å². The van der Waals surface area contributed by atoms with Gasteiger partial charge in [0.25, 0.3) is 0 Å². The first-order valence-corrected chi connectivity index (χ1v) is 7.12. The van der Waals surface area contributed by atoms with E-state index in [2.05, 4.69) is 59.0 Å². The topological polar surface area (TPSA) is 21.3 Å². The number of aryl methyl sites for hydroxylation is 1. The van der Waals surface area contributed by atoms with Crippen molar-refractivity contribution in [2.24, 2.45) is 5.92 Å². The highest BCUT2D eigenvalue weighted by atomic mass is 16.5. The fourth-order valence-corrected chi connectivity index (χ4v) is 2.22. The average molecular weight is 263 g/mol. The molecule has 108 valence electrons. The Labute approximate surface area is 118 Å². The first-order valence-electron chi connectivity index (χ1n) is 7.12. The van der Waals surface area contributed by atoms with Crippen molar-refractivity contribution in [2.75, 3.05) is 13.7 Å². The van der Waals surface area contributed by atoms with Crippen LogP contribution in [0.4, 0.5) is 0 Å². The molecule has 1 atom stereocenters. The second kappa shape index (κ2) is 6.42. The van der Waals surface area contributed by atoms with E-state index in [0.29, 0.717) is 5.92 Å². The van der Waals surface area contributed by atoms with Crippen LogP contribution in [-0.4, -0.2) is 19.2 Å². The van der Waals surface area contributed by atoms with Gasteiger partial charge in [-0.15, -0.1) is 0 Å². The summed E-state index contributed by atoms with van der Waals surface area (Å²) in [6.07, 6.45) is 1.05. The predicted molar refractivity (Wildman–Crippen MR) is 83.1 cm³/mol. The predicted octanol–water partition coefficient (Wildman–Crippen LogP) is 3.88. The highest BCUT2D eigenvalue weighted by molar-refractivity contribution is 5.45. The summed E-state index contributed by atoms with van der Waals surface area (Å²) < 4.78 is 5.58. The lowest BCUT2D eigenvalue weighted by Crippen LogP contribution is -2.39. The summed E-state index contributed by atoms with van der Waals surface area (Å²) in [5.41, 5.74) is 4.05. The molecule has 1 aromatic rings. The molecule has 0 fully saturated rings.